The average molecular weight is 263 g/mol. The quantitative estimate of drug-likeness (QED) is 0.894. The van der Waals surface area contributed by atoms with E-state index in [4.69, 9.17) is 4.74 Å². The highest BCUT2D eigenvalue weighted by atomic mass is 16.5. The van der Waals surface area contributed by atoms with E-state index in [9.17, 15) is 4.79 Å². The van der Waals surface area contributed by atoms with Crippen LogP contribution in [-0.4, -0.2) is 48.1 Å². The molecule has 0 aliphatic carbocycles. The van der Waals surface area contributed by atoms with Crippen molar-refractivity contribution in [2.75, 3.05) is 31.6 Å². The van der Waals surface area contributed by atoms with Gasteiger partial charge in [0.2, 0.25) is 5.91 Å². The summed E-state index contributed by atoms with van der Waals surface area (Å²) in [4.78, 5) is 18.7. The Hall–Kier alpha value is -1.46. The summed E-state index contributed by atoms with van der Waals surface area (Å²) >= 11 is 0. The van der Waals surface area contributed by atoms with Gasteiger partial charge in [-0.05, 0) is 38.1 Å². The van der Waals surface area contributed by atoms with Gasteiger partial charge in [0, 0.05) is 12.2 Å². The van der Waals surface area contributed by atoms with Gasteiger partial charge in [-0.25, -0.2) is 4.98 Å². The molecule has 1 saturated heterocycles. The van der Waals surface area contributed by atoms with Crippen LogP contribution in [0.2, 0.25) is 0 Å². The molecular weight excluding hydrogens is 242 g/mol. The monoisotopic (exact) mass is 263 g/mol. The maximum atomic E-state index is 12.3. The molecule has 1 unspecified atom stereocenters. The molecule has 19 heavy (non-hydrogen) atoms. The molecular formula is C14H21N3O2. The molecule has 0 saturated carbocycles. The minimum atomic E-state index is -0.221. The van der Waals surface area contributed by atoms with Crippen LogP contribution in [0.4, 0.5) is 5.82 Å². The highest BCUT2D eigenvalue weighted by Crippen LogP contribution is 2.12. The van der Waals surface area contributed by atoms with Gasteiger partial charge < -0.3 is 10.1 Å². The minimum absolute atomic E-state index is 0.0425. The van der Waals surface area contributed by atoms with Crippen molar-refractivity contribution in [1.82, 2.24) is 9.88 Å². The number of aromatic nitrogens is 1. The molecule has 0 radical (unpaired) electrons. The summed E-state index contributed by atoms with van der Waals surface area (Å²) < 4.78 is 5.40. The molecule has 1 aliphatic heterocycles. The Morgan fingerprint density at radius 2 is 2.32 bits per heavy atom. The number of pyridine rings is 1. The van der Waals surface area contributed by atoms with E-state index in [2.05, 4.69) is 22.1 Å². The lowest BCUT2D eigenvalue weighted by atomic mass is 10.2. The second-order valence-electron chi connectivity index (χ2n) is 4.88. The van der Waals surface area contributed by atoms with Crippen LogP contribution >= 0.6 is 0 Å². The van der Waals surface area contributed by atoms with E-state index in [-0.39, 0.29) is 11.9 Å². The van der Waals surface area contributed by atoms with Gasteiger partial charge in [0.15, 0.2) is 0 Å². The van der Waals surface area contributed by atoms with Crippen molar-refractivity contribution in [3.63, 3.8) is 0 Å². The smallest absolute Gasteiger partial charge is 0.245 e. The van der Waals surface area contributed by atoms with E-state index >= 15 is 0 Å². The van der Waals surface area contributed by atoms with Gasteiger partial charge in [-0.15, -0.1) is 0 Å². The molecule has 1 N–H and O–H groups in total. The zero-order valence-corrected chi connectivity index (χ0v) is 11.8. The van der Waals surface area contributed by atoms with Gasteiger partial charge in [-0.1, -0.05) is 6.92 Å². The Morgan fingerprint density at radius 1 is 1.53 bits per heavy atom. The van der Waals surface area contributed by atoms with Crippen LogP contribution in [0.5, 0.6) is 0 Å². The normalized spacial score (nSPS) is 20.3. The van der Waals surface area contributed by atoms with Gasteiger partial charge in [0.25, 0.3) is 0 Å². The van der Waals surface area contributed by atoms with Crippen molar-refractivity contribution in [1.29, 1.82) is 0 Å². The second-order valence-corrected chi connectivity index (χ2v) is 4.88. The molecule has 0 spiro atoms. The SMILES string of the molecule is CCN1CCOCC1C(=O)Nc1cc(C)cc(C)n1. The summed E-state index contributed by atoms with van der Waals surface area (Å²) in [6.45, 7) is 8.76. The van der Waals surface area contributed by atoms with E-state index < -0.39 is 0 Å². The number of hydrogen-bond acceptors (Lipinski definition) is 4. The Balaban J connectivity index is 2.07. The Bertz CT molecular complexity index is 442. The first-order chi connectivity index (χ1) is 9.10. The van der Waals surface area contributed by atoms with Crippen molar-refractivity contribution >= 4 is 11.7 Å². The predicted octanol–water partition coefficient (Wildman–Crippen LogP) is 1.36. The lowest BCUT2D eigenvalue weighted by molar-refractivity contribution is -0.127. The van der Waals surface area contributed by atoms with Gasteiger partial charge in [0.05, 0.1) is 13.2 Å². The summed E-state index contributed by atoms with van der Waals surface area (Å²) in [6, 6.07) is 3.64. The number of anilines is 1. The van der Waals surface area contributed by atoms with E-state index in [0.717, 1.165) is 24.3 Å². The fourth-order valence-electron chi connectivity index (χ4n) is 2.37. The number of morpholine rings is 1. The van der Waals surface area contributed by atoms with Crippen LogP contribution in [0, 0.1) is 13.8 Å². The van der Waals surface area contributed by atoms with Crippen LogP contribution in [0.3, 0.4) is 0 Å². The molecule has 104 valence electrons. The van der Waals surface area contributed by atoms with Crippen LogP contribution in [-0.2, 0) is 9.53 Å². The Kier molecular flexibility index (Phi) is 4.50. The number of carbonyl (C=O) groups excluding carboxylic acids is 1. The molecule has 0 aromatic carbocycles. The first-order valence-electron chi connectivity index (χ1n) is 6.68. The average Bonchev–Trinajstić information content (AvgIpc) is 2.37. The number of nitrogens with zero attached hydrogens (tertiary/aromatic N) is 2. The van der Waals surface area contributed by atoms with Crippen molar-refractivity contribution in [3.8, 4) is 0 Å². The number of rotatable bonds is 3. The van der Waals surface area contributed by atoms with E-state index in [1.165, 1.54) is 0 Å². The third-order valence-electron chi connectivity index (χ3n) is 3.30. The summed E-state index contributed by atoms with van der Waals surface area (Å²) in [5, 5.41) is 2.89. The van der Waals surface area contributed by atoms with Crippen molar-refractivity contribution in [2.45, 2.75) is 26.8 Å². The molecule has 1 aromatic heterocycles. The lowest BCUT2D eigenvalue weighted by Gasteiger charge is -2.33. The van der Waals surface area contributed by atoms with Gasteiger partial charge >= 0.3 is 0 Å². The molecule has 5 nitrogen and oxygen atoms in total. The van der Waals surface area contributed by atoms with Crippen LogP contribution < -0.4 is 5.32 Å². The van der Waals surface area contributed by atoms with Gasteiger partial charge in [0.1, 0.15) is 11.9 Å². The topological polar surface area (TPSA) is 54.5 Å². The zero-order chi connectivity index (χ0) is 13.8. The number of hydrogen-bond donors (Lipinski definition) is 1. The van der Waals surface area contributed by atoms with E-state index in [1.807, 2.05) is 26.0 Å². The second kappa shape index (κ2) is 6.12. The standard InChI is InChI=1S/C14H21N3O2/c1-4-17-5-6-19-9-12(17)14(18)16-13-8-10(2)7-11(3)15-13/h7-8,12H,4-6,9H2,1-3H3,(H,15,16,18). The van der Waals surface area contributed by atoms with E-state index in [0.29, 0.717) is 19.0 Å². The third kappa shape index (κ3) is 3.52. The number of nitrogens with one attached hydrogen (secondary N) is 1. The molecule has 1 aromatic rings. The van der Waals surface area contributed by atoms with Gasteiger partial charge in [-0.3, -0.25) is 9.69 Å². The van der Waals surface area contributed by atoms with Crippen LogP contribution in [0.25, 0.3) is 0 Å². The molecule has 5 heteroatoms. The van der Waals surface area contributed by atoms with E-state index in [1.54, 1.807) is 0 Å². The molecule has 2 rings (SSSR count). The summed E-state index contributed by atoms with van der Waals surface area (Å²) in [5.41, 5.74) is 2.00. The van der Waals surface area contributed by atoms with Gasteiger partial charge in [-0.2, -0.15) is 0 Å². The first kappa shape index (κ1) is 14.0. The van der Waals surface area contributed by atoms with Crippen molar-refractivity contribution in [3.05, 3.63) is 23.4 Å². The Morgan fingerprint density at radius 3 is 3.00 bits per heavy atom. The predicted molar refractivity (Wildman–Crippen MR) is 74.2 cm³/mol. The largest absolute Gasteiger partial charge is 0.378 e. The fourth-order valence-corrected chi connectivity index (χ4v) is 2.37. The van der Waals surface area contributed by atoms with Crippen molar-refractivity contribution in [2.24, 2.45) is 0 Å². The molecule has 1 fully saturated rings. The maximum absolute atomic E-state index is 12.3. The number of likely N-dealkylation sites (N-methyl/N-ethyl adjacent to an activating group) is 1. The summed E-state index contributed by atoms with van der Waals surface area (Å²) in [6.07, 6.45) is 0. The fraction of sp³-hybridized carbons (Fsp3) is 0.571. The lowest BCUT2D eigenvalue weighted by Crippen LogP contribution is -2.51. The molecule has 0 bridgehead atoms. The first-order valence-corrected chi connectivity index (χ1v) is 6.68. The highest BCUT2D eigenvalue weighted by Gasteiger charge is 2.28. The number of ether oxygens (including phenoxy) is 1. The molecule has 1 aliphatic rings. The van der Waals surface area contributed by atoms with Crippen LogP contribution in [0.15, 0.2) is 12.1 Å². The zero-order valence-electron chi connectivity index (χ0n) is 11.8. The maximum Gasteiger partial charge on any atom is 0.245 e. The summed E-state index contributed by atoms with van der Waals surface area (Å²) in [5.74, 6) is 0.572. The summed E-state index contributed by atoms with van der Waals surface area (Å²) in [7, 11) is 0. The molecule has 2 heterocycles. The third-order valence-corrected chi connectivity index (χ3v) is 3.30. The number of amides is 1. The highest BCUT2D eigenvalue weighted by molar-refractivity contribution is 5.94. The molecule has 1 atom stereocenters. The minimum Gasteiger partial charge on any atom is -0.378 e. The van der Waals surface area contributed by atoms with Crippen LogP contribution in [0.1, 0.15) is 18.2 Å². The van der Waals surface area contributed by atoms with Crippen molar-refractivity contribution < 1.29 is 9.53 Å². The Labute approximate surface area is 114 Å². The number of aryl methyl sites for hydroxylation is 2. The number of carbonyl (C=O) groups is 1. The molecule has 1 amide bonds.